The SMILES string of the molecule is CCCCN(C(=O)c1cccn1CC(=O)O)C1CC1. The van der Waals surface area contributed by atoms with Gasteiger partial charge >= 0.3 is 5.97 Å². The van der Waals surface area contributed by atoms with Crippen LogP contribution in [0.15, 0.2) is 18.3 Å². The summed E-state index contributed by atoms with van der Waals surface area (Å²) in [6, 6.07) is 3.78. The molecule has 0 spiro atoms. The van der Waals surface area contributed by atoms with Crippen LogP contribution in [-0.4, -0.2) is 39.0 Å². The molecule has 1 aromatic heterocycles. The summed E-state index contributed by atoms with van der Waals surface area (Å²) < 4.78 is 1.51. The van der Waals surface area contributed by atoms with E-state index >= 15 is 0 Å². The smallest absolute Gasteiger partial charge is 0.323 e. The van der Waals surface area contributed by atoms with Crippen LogP contribution in [0, 0.1) is 0 Å². The van der Waals surface area contributed by atoms with Crippen molar-refractivity contribution in [3.05, 3.63) is 24.0 Å². The van der Waals surface area contributed by atoms with Crippen molar-refractivity contribution in [1.29, 1.82) is 0 Å². The van der Waals surface area contributed by atoms with E-state index in [4.69, 9.17) is 5.11 Å². The molecule has 0 atom stereocenters. The number of aliphatic carboxylic acids is 1. The van der Waals surface area contributed by atoms with Crippen LogP contribution in [0.5, 0.6) is 0 Å². The summed E-state index contributed by atoms with van der Waals surface area (Å²) in [5, 5.41) is 8.85. The Morgan fingerprint density at radius 3 is 2.79 bits per heavy atom. The second-order valence-electron chi connectivity index (χ2n) is 5.00. The van der Waals surface area contributed by atoms with Crippen molar-refractivity contribution in [3.8, 4) is 0 Å². The first-order valence-corrected chi connectivity index (χ1v) is 6.81. The molecule has 0 bridgehead atoms. The Hall–Kier alpha value is -1.78. The van der Waals surface area contributed by atoms with Gasteiger partial charge in [-0.25, -0.2) is 0 Å². The lowest BCUT2D eigenvalue weighted by molar-refractivity contribution is -0.137. The van der Waals surface area contributed by atoms with Gasteiger partial charge in [0.1, 0.15) is 12.2 Å². The number of carbonyl (C=O) groups excluding carboxylic acids is 1. The van der Waals surface area contributed by atoms with Crippen molar-refractivity contribution in [2.45, 2.75) is 45.2 Å². The molecule has 0 saturated heterocycles. The third-order valence-corrected chi connectivity index (χ3v) is 3.36. The first-order chi connectivity index (χ1) is 9.13. The van der Waals surface area contributed by atoms with E-state index in [-0.39, 0.29) is 12.5 Å². The molecule has 2 rings (SSSR count). The largest absolute Gasteiger partial charge is 0.480 e. The Bertz CT molecular complexity index is 463. The average Bonchev–Trinajstić information content (AvgIpc) is 3.09. The van der Waals surface area contributed by atoms with Gasteiger partial charge in [-0.3, -0.25) is 9.59 Å². The van der Waals surface area contributed by atoms with Crippen LogP contribution in [0.3, 0.4) is 0 Å². The first kappa shape index (κ1) is 13.6. The zero-order valence-electron chi connectivity index (χ0n) is 11.2. The number of amides is 1. The summed E-state index contributed by atoms with van der Waals surface area (Å²) >= 11 is 0. The lowest BCUT2D eigenvalue weighted by atomic mass is 10.2. The van der Waals surface area contributed by atoms with Crippen molar-refractivity contribution >= 4 is 11.9 Å². The number of carboxylic acids is 1. The highest BCUT2D eigenvalue weighted by molar-refractivity contribution is 5.93. The van der Waals surface area contributed by atoms with Gasteiger partial charge in [0, 0.05) is 18.8 Å². The fraction of sp³-hybridized carbons (Fsp3) is 0.571. The van der Waals surface area contributed by atoms with E-state index in [1.165, 1.54) is 4.57 Å². The number of aromatic nitrogens is 1. The quantitative estimate of drug-likeness (QED) is 0.819. The van der Waals surface area contributed by atoms with Crippen molar-refractivity contribution in [2.24, 2.45) is 0 Å². The summed E-state index contributed by atoms with van der Waals surface area (Å²) in [6.45, 7) is 2.70. The van der Waals surface area contributed by atoms with Gasteiger partial charge in [0.05, 0.1) is 0 Å². The molecule has 1 saturated carbocycles. The molecule has 1 heterocycles. The molecule has 1 aliphatic carbocycles. The lowest BCUT2D eigenvalue weighted by Crippen LogP contribution is -2.35. The minimum Gasteiger partial charge on any atom is -0.480 e. The maximum absolute atomic E-state index is 12.5. The predicted molar refractivity (Wildman–Crippen MR) is 71.0 cm³/mol. The minimum atomic E-state index is -0.934. The van der Waals surface area contributed by atoms with E-state index in [0.29, 0.717) is 11.7 Å². The maximum Gasteiger partial charge on any atom is 0.323 e. The summed E-state index contributed by atoms with van der Waals surface area (Å²) in [7, 11) is 0. The number of hydrogen-bond donors (Lipinski definition) is 1. The average molecular weight is 264 g/mol. The highest BCUT2D eigenvalue weighted by Crippen LogP contribution is 2.28. The Morgan fingerprint density at radius 2 is 2.21 bits per heavy atom. The molecule has 5 heteroatoms. The Morgan fingerprint density at radius 1 is 1.47 bits per heavy atom. The zero-order chi connectivity index (χ0) is 13.8. The molecule has 0 radical (unpaired) electrons. The van der Waals surface area contributed by atoms with Crippen LogP contribution in [0.1, 0.15) is 43.1 Å². The molecule has 19 heavy (non-hydrogen) atoms. The van der Waals surface area contributed by atoms with Gasteiger partial charge in [0.2, 0.25) is 0 Å². The fourth-order valence-electron chi connectivity index (χ4n) is 2.20. The maximum atomic E-state index is 12.5. The minimum absolute atomic E-state index is 0.0396. The van der Waals surface area contributed by atoms with E-state index in [2.05, 4.69) is 6.92 Å². The monoisotopic (exact) mass is 264 g/mol. The van der Waals surface area contributed by atoms with Crippen molar-refractivity contribution in [1.82, 2.24) is 9.47 Å². The van der Waals surface area contributed by atoms with Gasteiger partial charge in [-0.2, -0.15) is 0 Å². The summed E-state index contributed by atoms with van der Waals surface area (Å²) in [4.78, 5) is 25.2. The first-order valence-electron chi connectivity index (χ1n) is 6.81. The van der Waals surface area contributed by atoms with Gasteiger partial charge in [0.25, 0.3) is 5.91 Å². The van der Waals surface area contributed by atoms with Gasteiger partial charge in [0.15, 0.2) is 0 Å². The van der Waals surface area contributed by atoms with Gasteiger partial charge < -0.3 is 14.6 Å². The van der Waals surface area contributed by atoms with Crippen LogP contribution >= 0.6 is 0 Å². The van der Waals surface area contributed by atoms with Crippen LogP contribution < -0.4 is 0 Å². The molecule has 0 aromatic carbocycles. The third kappa shape index (κ3) is 3.36. The number of carbonyl (C=O) groups is 2. The normalized spacial score (nSPS) is 14.4. The van der Waals surface area contributed by atoms with E-state index < -0.39 is 5.97 Å². The van der Waals surface area contributed by atoms with Gasteiger partial charge in [-0.1, -0.05) is 13.3 Å². The van der Waals surface area contributed by atoms with Gasteiger partial charge in [-0.15, -0.1) is 0 Å². The van der Waals surface area contributed by atoms with E-state index in [9.17, 15) is 9.59 Å². The molecule has 1 N–H and O–H groups in total. The molecule has 1 aromatic rings. The van der Waals surface area contributed by atoms with Crippen molar-refractivity contribution in [2.75, 3.05) is 6.54 Å². The number of unbranched alkanes of at least 4 members (excludes halogenated alkanes) is 1. The Kier molecular flexibility index (Phi) is 4.24. The summed E-state index contributed by atoms with van der Waals surface area (Å²) in [5.41, 5.74) is 0.477. The molecule has 1 amide bonds. The summed E-state index contributed by atoms with van der Waals surface area (Å²) in [6.07, 6.45) is 5.81. The molecule has 5 nitrogen and oxygen atoms in total. The second-order valence-corrected chi connectivity index (χ2v) is 5.00. The van der Waals surface area contributed by atoms with Gasteiger partial charge in [-0.05, 0) is 31.4 Å². The highest BCUT2D eigenvalue weighted by atomic mass is 16.4. The number of hydrogen-bond acceptors (Lipinski definition) is 2. The van der Waals surface area contributed by atoms with Crippen LogP contribution in [0.25, 0.3) is 0 Å². The molecule has 0 aliphatic heterocycles. The lowest BCUT2D eigenvalue weighted by Gasteiger charge is -2.22. The molecule has 104 valence electrons. The number of nitrogens with zero attached hydrogens (tertiary/aromatic N) is 2. The van der Waals surface area contributed by atoms with E-state index in [0.717, 1.165) is 32.2 Å². The predicted octanol–water partition coefficient (Wildman–Crippen LogP) is 1.98. The molecule has 0 unspecified atom stereocenters. The topological polar surface area (TPSA) is 62.5 Å². The van der Waals surface area contributed by atoms with Crippen LogP contribution in [0.4, 0.5) is 0 Å². The standard InChI is InChI=1S/C14H20N2O3/c1-2-3-9-16(11-6-7-11)14(19)12-5-4-8-15(12)10-13(17)18/h4-5,8,11H,2-3,6-7,9-10H2,1H3,(H,17,18). The number of carboxylic acid groups (broad SMARTS) is 1. The molecule has 1 fully saturated rings. The van der Waals surface area contributed by atoms with E-state index in [1.54, 1.807) is 18.3 Å². The third-order valence-electron chi connectivity index (χ3n) is 3.36. The second kappa shape index (κ2) is 5.91. The molecular formula is C14H20N2O3. The van der Waals surface area contributed by atoms with Crippen molar-refractivity contribution < 1.29 is 14.7 Å². The summed E-state index contributed by atoms with van der Waals surface area (Å²) in [5.74, 6) is -0.973. The number of rotatable bonds is 7. The zero-order valence-corrected chi connectivity index (χ0v) is 11.2. The fourth-order valence-corrected chi connectivity index (χ4v) is 2.20. The molecular weight excluding hydrogens is 244 g/mol. The molecule has 1 aliphatic rings. The highest BCUT2D eigenvalue weighted by Gasteiger charge is 2.33. The van der Waals surface area contributed by atoms with Crippen molar-refractivity contribution in [3.63, 3.8) is 0 Å². The van der Waals surface area contributed by atoms with E-state index in [1.807, 2.05) is 4.90 Å². The Labute approximate surface area is 112 Å². The van der Waals surface area contributed by atoms with Crippen LogP contribution in [0.2, 0.25) is 0 Å². The van der Waals surface area contributed by atoms with Crippen LogP contribution in [-0.2, 0) is 11.3 Å². The Balaban J connectivity index is 2.12.